The van der Waals surface area contributed by atoms with Gasteiger partial charge in [-0.25, -0.2) is 19.8 Å². The van der Waals surface area contributed by atoms with Crippen LogP contribution in [0.2, 0.25) is 0 Å². The average molecular weight is 815 g/mol. The number of carbonyl (C=O) groups excluding carboxylic acids is 3. The van der Waals surface area contributed by atoms with Crippen LogP contribution in [0.5, 0.6) is 0 Å². The molecule has 4 heterocycles. The summed E-state index contributed by atoms with van der Waals surface area (Å²) in [7, 11) is -4.34. The number of hydrogen-bond acceptors (Lipinski definition) is 8. The van der Waals surface area contributed by atoms with Gasteiger partial charge < -0.3 is 5.73 Å². The van der Waals surface area contributed by atoms with Crippen LogP contribution in [0.15, 0.2) is 121 Å². The van der Waals surface area contributed by atoms with Crippen molar-refractivity contribution in [1.29, 1.82) is 0 Å². The number of allylic oxidation sites excluding steroid dienone is 8. The van der Waals surface area contributed by atoms with E-state index in [0.717, 1.165) is 60.5 Å². The molecule has 8 rings (SSSR count). The predicted molar refractivity (Wildman–Crippen MR) is 229 cm³/mol. The molecule has 0 radical (unpaired) electrons. The molecule has 4 aromatic carbocycles. The maximum absolute atomic E-state index is 14.3. The Hall–Kier alpha value is -5.77. The molecule has 2 fully saturated rings. The Morgan fingerprint density at radius 2 is 1.44 bits per heavy atom. The van der Waals surface area contributed by atoms with Crippen LogP contribution in [0.1, 0.15) is 45.2 Å². The normalized spacial score (nSPS) is 21.7. The standard InChI is InChI=1S/C45H47N7O6S/c1-44(2)37(50(29-59(56,57)58)35-22-20-30-14-10-12-16-32(30)40(35)44)18-8-6-5-7-9-19-38-45(3,4)41-33-17-13-11-15-31(33)21-23-36(41)51(38)43(55)47-48-24-26-49(27-25-48)52-39(53)28-34(46)42(52)54/h5-23,34H,24-29,46H2,1-4H3,(H-,47,55,56,57,58)/p+1. The van der Waals surface area contributed by atoms with E-state index in [0.29, 0.717) is 26.2 Å². The summed E-state index contributed by atoms with van der Waals surface area (Å²) in [6, 6.07) is 22.9. The van der Waals surface area contributed by atoms with E-state index in [2.05, 4.69) is 45.3 Å². The number of amides is 4. The molecule has 304 valence electrons. The number of urea groups is 1. The number of anilines is 1. The summed E-state index contributed by atoms with van der Waals surface area (Å²) in [5.74, 6) is -1.28. The lowest BCUT2D eigenvalue weighted by atomic mass is 9.79. The zero-order valence-corrected chi connectivity index (χ0v) is 34.3. The van der Waals surface area contributed by atoms with Crippen molar-refractivity contribution < 1.29 is 31.9 Å². The van der Waals surface area contributed by atoms with Gasteiger partial charge in [0.05, 0.1) is 23.6 Å². The second kappa shape index (κ2) is 15.1. The minimum atomic E-state index is -4.34. The molecule has 0 spiro atoms. The third-order valence-electron chi connectivity index (χ3n) is 11.8. The maximum Gasteiger partial charge on any atom is 0.340 e. The van der Waals surface area contributed by atoms with E-state index in [1.807, 2.05) is 103 Å². The number of imide groups is 1. The lowest BCUT2D eigenvalue weighted by molar-refractivity contribution is -0.415. The second-order valence-electron chi connectivity index (χ2n) is 16.4. The molecule has 4 aliphatic heterocycles. The van der Waals surface area contributed by atoms with Crippen molar-refractivity contribution in [2.75, 3.05) is 37.0 Å². The molecule has 0 bridgehead atoms. The molecule has 2 saturated heterocycles. The number of nitrogens with two attached hydrogens (primary N) is 1. The molecular weight excluding hydrogens is 767 g/mol. The van der Waals surface area contributed by atoms with Crippen molar-refractivity contribution in [1.82, 2.24) is 20.5 Å². The summed E-state index contributed by atoms with van der Waals surface area (Å²) in [5, 5.41) is 8.86. The Kier molecular flexibility index (Phi) is 10.3. The number of fused-ring (bicyclic) bond motifs is 6. The Balaban J connectivity index is 1.04. The first-order valence-corrected chi connectivity index (χ1v) is 21.3. The van der Waals surface area contributed by atoms with E-state index < -0.39 is 38.8 Å². The number of nitrogens with one attached hydrogen (secondary N) is 1. The molecule has 14 heteroatoms. The van der Waals surface area contributed by atoms with Crippen LogP contribution in [0, 0.1) is 0 Å². The molecule has 0 aliphatic carbocycles. The minimum absolute atomic E-state index is 0.00591. The van der Waals surface area contributed by atoms with Crippen molar-refractivity contribution >= 4 is 66.6 Å². The Morgan fingerprint density at radius 1 is 0.831 bits per heavy atom. The Labute approximate surface area is 343 Å². The van der Waals surface area contributed by atoms with E-state index in [4.69, 9.17) is 5.73 Å². The number of rotatable bonds is 8. The quantitative estimate of drug-likeness (QED) is 0.0864. The topological polar surface area (TPSA) is 160 Å². The highest BCUT2D eigenvalue weighted by Crippen LogP contribution is 2.51. The van der Waals surface area contributed by atoms with Crippen LogP contribution in [0.25, 0.3) is 21.5 Å². The van der Waals surface area contributed by atoms with Gasteiger partial charge in [0.1, 0.15) is 0 Å². The van der Waals surface area contributed by atoms with Crippen LogP contribution in [-0.4, -0.2) is 94.2 Å². The summed E-state index contributed by atoms with van der Waals surface area (Å²) in [4.78, 5) is 41.0. The Bertz CT molecular complexity index is 2690. The van der Waals surface area contributed by atoms with E-state index in [1.54, 1.807) is 19.5 Å². The van der Waals surface area contributed by atoms with Gasteiger partial charge >= 0.3 is 16.1 Å². The van der Waals surface area contributed by atoms with Crippen LogP contribution < -0.4 is 16.1 Å². The third kappa shape index (κ3) is 7.21. The van der Waals surface area contributed by atoms with Crippen molar-refractivity contribution in [3.05, 3.63) is 132 Å². The smallest absolute Gasteiger partial charge is 0.319 e. The highest BCUT2D eigenvalue weighted by molar-refractivity contribution is 7.85. The zero-order valence-electron chi connectivity index (χ0n) is 33.5. The fourth-order valence-electron chi connectivity index (χ4n) is 9.10. The summed E-state index contributed by atoms with van der Waals surface area (Å²) in [6.45, 7) is 9.84. The van der Waals surface area contributed by atoms with E-state index >= 15 is 0 Å². The van der Waals surface area contributed by atoms with Gasteiger partial charge in [-0.3, -0.25) is 24.5 Å². The molecule has 1 atom stereocenters. The zero-order chi connectivity index (χ0) is 41.9. The molecule has 0 saturated carbocycles. The Morgan fingerprint density at radius 3 is 2.08 bits per heavy atom. The number of piperazine rings is 1. The van der Waals surface area contributed by atoms with Crippen molar-refractivity contribution in [3.8, 4) is 0 Å². The fraction of sp³-hybridized carbons (Fsp3) is 0.289. The predicted octanol–water partition coefficient (Wildman–Crippen LogP) is 5.81. The number of carbonyl (C=O) groups is 3. The molecule has 1 unspecified atom stereocenters. The fourth-order valence-corrected chi connectivity index (χ4v) is 9.70. The lowest BCUT2D eigenvalue weighted by Gasteiger charge is -2.38. The summed E-state index contributed by atoms with van der Waals surface area (Å²) >= 11 is 0. The van der Waals surface area contributed by atoms with Crippen LogP contribution in [0.3, 0.4) is 0 Å². The summed E-state index contributed by atoms with van der Waals surface area (Å²) in [6.07, 6.45) is 13.2. The van der Waals surface area contributed by atoms with Crippen molar-refractivity contribution in [2.45, 2.75) is 51.0 Å². The largest absolute Gasteiger partial charge is 0.340 e. The number of benzene rings is 4. The summed E-state index contributed by atoms with van der Waals surface area (Å²) in [5.41, 5.74) is 12.9. The van der Waals surface area contributed by atoms with Gasteiger partial charge in [0.2, 0.25) is 11.6 Å². The molecule has 4 N–H and O–H groups in total. The highest BCUT2D eigenvalue weighted by Gasteiger charge is 2.47. The van der Waals surface area contributed by atoms with Crippen molar-refractivity contribution in [2.24, 2.45) is 5.73 Å². The van der Waals surface area contributed by atoms with E-state index in [9.17, 15) is 27.4 Å². The van der Waals surface area contributed by atoms with Crippen LogP contribution in [0.4, 0.5) is 16.2 Å². The highest BCUT2D eigenvalue weighted by atomic mass is 32.2. The molecule has 0 aromatic heterocycles. The number of hydrogen-bond donors (Lipinski definition) is 3. The van der Waals surface area contributed by atoms with Crippen LogP contribution >= 0.6 is 0 Å². The monoisotopic (exact) mass is 814 g/mol. The molecule has 4 aliphatic rings. The van der Waals surface area contributed by atoms with E-state index in [1.165, 1.54) is 0 Å². The third-order valence-corrected chi connectivity index (χ3v) is 12.4. The first-order valence-electron chi connectivity index (χ1n) is 19.7. The molecular formula is C45H48N7O6S+. The van der Waals surface area contributed by atoms with Gasteiger partial charge in [-0.1, -0.05) is 98.8 Å². The van der Waals surface area contributed by atoms with Gasteiger partial charge in [0, 0.05) is 55.0 Å². The molecule has 4 amide bonds. The van der Waals surface area contributed by atoms with E-state index in [-0.39, 0.29) is 18.4 Å². The van der Waals surface area contributed by atoms with Gasteiger partial charge in [0.25, 0.3) is 11.8 Å². The van der Waals surface area contributed by atoms with Gasteiger partial charge in [-0.05, 0) is 59.2 Å². The molecule has 4 aromatic rings. The molecule has 13 nitrogen and oxygen atoms in total. The minimum Gasteiger partial charge on any atom is -0.319 e. The average Bonchev–Trinajstić information content (AvgIpc) is 3.68. The lowest BCUT2D eigenvalue weighted by Crippen LogP contribution is -2.60. The SMILES string of the molecule is CC1(C)C(/C=C/C=C/C=C/C=C2/N(C(=O)NN3CCN(N4C(=O)CC(N)C4=O)CC3)c3ccc4ccccc4c3C2(C)C)=[N+](CS(=O)(=O)O)c2ccc3ccccc3c21. The van der Waals surface area contributed by atoms with Crippen LogP contribution in [-0.2, 0) is 30.5 Å². The summed E-state index contributed by atoms with van der Waals surface area (Å²) < 4.78 is 36.0. The van der Waals surface area contributed by atoms with Crippen molar-refractivity contribution in [3.63, 3.8) is 0 Å². The van der Waals surface area contributed by atoms with Gasteiger partial charge in [0.15, 0.2) is 5.71 Å². The van der Waals surface area contributed by atoms with Gasteiger partial charge in [-0.2, -0.15) is 13.0 Å². The van der Waals surface area contributed by atoms with Gasteiger partial charge in [-0.15, -0.1) is 0 Å². The molecule has 59 heavy (non-hydrogen) atoms. The second-order valence-corrected chi connectivity index (χ2v) is 17.8. The number of nitrogens with zero attached hydrogens (tertiary/aromatic N) is 5. The maximum atomic E-state index is 14.3. The number of hydrazine groups is 2. The first kappa shape index (κ1) is 40.0. The first-order chi connectivity index (χ1) is 28.1.